The van der Waals surface area contributed by atoms with Crippen LogP contribution >= 0.6 is 11.6 Å². The first-order valence-corrected chi connectivity index (χ1v) is 8.35. The van der Waals surface area contributed by atoms with E-state index in [2.05, 4.69) is 5.32 Å². The van der Waals surface area contributed by atoms with Crippen LogP contribution in [0.2, 0.25) is 5.02 Å². The Labute approximate surface area is 150 Å². The van der Waals surface area contributed by atoms with Crippen LogP contribution in [0.1, 0.15) is 41.7 Å². The van der Waals surface area contributed by atoms with Gasteiger partial charge in [-0.2, -0.15) is 0 Å². The standard InChI is InChI=1S/C19H19ClFNO3/c1-2-6-17(13-7-4-3-5-8-13)22-18(23)12-25-19(24)15-10-9-14(21)11-16(15)20/h3-5,7-11,17H,2,6,12H2,1H3,(H,22,23)/t17-/m0/s1. The Kier molecular flexibility index (Phi) is 6.95. The van der Waals surface area contributed by atoms with Crippen molar-refractivity contribution in [2.45, 2.75) is 25.8 Å². The molecule has 132 valence electrons. The Morgan fingerprint density at radius 3 is 2.56 bits per heavy atom. The van der Waals surface area contributed by atoms with Crippen molar-refractivity contribution in [1.29, 1.82) is 0 Å². The Balaban J connectivity index is 1.93. The molecule has 0 saturated heterocycles. The van der Waals surface area contributed by atoms with Gasteiger partial charge in [-0.3, -0.25) is 4.79 Å². The van der Waals surface area contributed by atoms with E-state index in [0.717, 1.165) is 30.5 Å². The average molecular weight is 364 g/mol. The van der Waals surface area contributed by atoms with E-state index in [1.807, 2.05) is 37.3 Å². The van der Waals surface area contributed by atoms with Crippen molar-refractivity contribution >= 4 is 23.5 Å². The summed E-state index contributed by atoms with van der Waals surface area (Å²) in [5.41, 5.74) is 1.01. The summed E-state index contributed by atoms with van der Waals surface area (Å²) in [6.45, 7) is 1.60. The van der Waals surface area contributed by atoms with Gasteiger partial charge in [0.05, 0.1) is 16.6 Å². The van der Waals surface area contributed by atoms with E-state index >= 15 is 0 Å². The Hall–Kier alpha value is -2.40. The minimum Gasteiger partial charge on any atom is -0.452 e. The fourth-order valence-corrected chi connectivity index (χ4v) is 2.64. The fourth-order valence-electron chi connectivity index (χ4n) is 2.40. The van der Waals surface area contributed by atoms with Crippen LogP contribution in [0.3, 0.4) is 0 Å². The van der Waals surface area contributed by atoms with Gasteiger partial charge >= 0.3 is 5.97 Å². The summed E-state index contributed by atoms with van der Waals surface area (Å²) in [4.78, 5) is 24.0. The largest absolute Gasteiger partial charge is 0.452 e. The second-order valence-corrected chi connectivity index (χ2v) is 5.93. The lowest BCUT2D eigenvalue weighted by Crippen LogP contribution is -2.32. The molecule has 1 atom stereocenters. The van der Waals surface area contributed by atoms with Gasteiger partial charge in [0.1, 0.15) is 5.82 Å². The lowest BCUT2D eigenvalue weighted by Gasteiger charge is -2.18. The van der Waals surface area contributed by atoms with Crippen LogP contribution in [-0.4, -0.2) is 18.5 Å². The molecular formula is C19H19ClFNO3. The fraction of sp³-hybridized carbons (Fsp3) is 0.263. The maximum Gasteiger partial charge on any atom is 0.340 e. The molecule has 2 rings (SSSR count). The molecule has 0 spiro atoms. The van der Waals surface area contributed by atoms with E-state index in [0.29, 0.717) is 0 Å². The predicted molar refractivity (Wildman–Crippen MR) is 93.9 cm³/mol. The van der Waals surface area contributed by atoms with Crippen LogP contribution in [0.25, 0.3) is 0 Å². The van der Waals surface area contributed by atoms with Crippen molar-refractivity contribution in [2.75, 3.05) is 6.61 Å². The third-order valence-electron chi connectivity index (χ3n) is 3.60. The molecule has 1 N–H and O–H groups in total. The monoisotopic (exact) mass is 363 g/mol. The van der Waals surface area contributed by atoms with Gasteiger partial charge < -0.3 is 10.1 Å². The number of hydrogen-bond acceptors (Lipinski definition) is 3. The molecule has 0 aromatic heterocycles. The number of hydrogen-bond donors (Lipinski definition) is 1. The molecule has 0 aliphatic carbocycles. The number of ether oxygens (including phenoxy) is 1. The van der Waals surface area contributed by atoms with Crippen molar-refractivity contribution in [3.63, 3.8) is 0 Å². The minimum atomic E-state index is -0.771. The highest BCUT2D eigenvalue weighted by Crippen LogP contribution is 2.19. The smallest absolute Gasteiger partial charge is 0.340 e. The summed E-state index contributed by atoms with van der Waals surface area (Å²) < 4.78 is 18.0. The molecule has 0 aliphatic rings. The number of esters is 1. The molecule has 4 nitrogen and oxygen atoms in total. The van der Waals surface area contributed by atoms with Crippen LogP contribution in [0.4, 0.5) is 4.39 Å². The number of nitrogens with one attached hydrogen (secondary N) is 1. The van der Waals surface area contributed by atoms with Gasteiger partial charge in [0.2, 0.25) is 0 Å². The van der Waals surface area contributed by atoms with Crippen molar-refractivity contribution in [3.05, 3.63) is 70.5 Å². The van der Waals surface area contributed by atoms with E-state index in [1.54, 1.807) is 0 Å². The van der Waals surface area contributed by atoms with Crippen LogP contribution in [-0.2, 0) is 9.53 Å². The van der Waals surface area contributed by atoms with Crippen LogP contribution in [0, 0.1) is 5.82 Å². The molecule has 0 heterocycles. The number of rotatable bonds is 7. The SMILES string of the molecule is CCC[C@H](NC(=O)COC(=O)c1ccc(F)cc1Cl)c1ccccc1. The van der Waals surface area contributed by atoms with Crippen LogP contribution in [0.5, 0.6) is 0 Å². The first kappa shape index (κ1) is 18.9. The molecule has 6 heteroatoms. The highest BCUT2D eigenvalue weighted by molar-refractivity contribution is 6.33. The Bertz CT molecular complexity index is 737. The van der Waals surface area contributed by atoms with Crippen LogP contribution in [0.15, 0.2) is 48.5 Å². The lowest BCUT2D eigenvalue weighted by atomic mass is 10.0. The van der Waals surface area contributed by atoms with Gasteiger partial charge in [0, 0.05) is 0 Å². The summed E-state index contributed by atoms with van der Waals surface area (Å²) in [5, 5.41) is 2.80. The van der Waals surface area contributed by atoms with Crippen molar-refractivity contribution in [3.8, 4) is 0 Å². The summed E-state index contributed by atoms with van der Waals surface area (Å²) in [7, 11) is 0. The first-order valence-electron chi connectivity index (χ1n) is 7.97. The normalized spacial score (nSPS) is 11.6. The van der Waals surface area contributed by atoms with Gasteiger partial charge in [0.15, 0.2) is 6.61 Å². The third-order valence-corrected chi connectivity index (χ3v) is 3.91. The topological polar surface area (TPSA) is 55.4 Å². The first-order chi connectivity index (χ1) is 12.0. The van der Waals surface area contributed by atoms with E-state index < -0.39 is 24.3 Å². The van der Waals surface area contributed by atoms with Gasteiger partial charge in [-0.1, -0.05) is 55.3 Å². The number of halogens is 2. The van der Waals surface area contributed by atoms with E-state index in [1.165, 1.54) is 6.07 Å². The maximum atomic E-state index is 13.0. The van der Waals surface area contributed by atoms with Crippen molar-refractivity contribution < 1.29 is 18.7 Å². The number of carbonyl (C=O) groups excluding carboxylic acids is 2. The second-order valence-electron chi connectivity index (χ2n) is 5.52. The van der Waals surface area contributed by atoms with Crippen LogP contribution < -0.4 is 5.32 Å². The number of benzene rings is 2. The van der Waals surface area contributed by atoms with Gasteiger partial charge in [-0.25, -0.2) is 9.18 Å². The molecule has 0 bridgehead atoms. The molecule has 0 radical (unpaired) electrons. The molecule has 0 unspecified atom stereocenters. The zero-order valence-corrected chi connectivity index (χ0v) is 14.6. The van der Waals surface area contributed by atoms with Gasteiger partial charge in [-0.05, 0) is 30.2 Å². The molecule has 1 amide bonds. The van der Waals surface area contributed by atoms with E-state index in [9.17, 15) is 14.0 Å². The molecule has 0 fully saturated rings. The second kappa shape index (κ2) is 9.18. The summed E-state index contributed by atoms with van der Waals surface area (Å²) in [6, 6.07) is 12.8. The molecule has 0 aliphatic heterocycles. The third kappa shape index (κ3) is 5.57. The highest BCUT2D eigenvalue weighted by atomic mass is 35.5. The molecule has 2 aromatic rings. The number of carbonyl (C=O) groups is 2. The Morgan fingerprint density at radius 2 is 1.92 bits per heavy atom. The molecular weight excluding hydrogens is 345 g/mol. The quantitative estimate of drug-likeness (QED) is 0.746. The number of amides is 1. The molecule has 0 saturated carbocycles. The highest BCUT2D eigenvalue weighted by Gasteiger charge is 2.17. The summed E-state index contributed by atoms with van der Waals surface area (Å²) in [5.74, 6) is -1.73. The average Bonchev–Trinajstić information content (AvgIpc) is 2.60. The van der Waals surface area contributed by atoms with Crippen molar-refractivity contribution in [1.82, 2.24) is 5.32 Å². The summed E-state index contributed by atoms with van der Waals surface area (Å²) >= 11 is 5.80. The Morgan fingerprint density at radius 1 is 1.20 bits per heavy atom. The molecule has 25 heavy (non-hydrogen) atoms. The van der Waals surface area contributed by atoms with E-state index in [-0.39, 0.29) is 16.6 Å². The lowest BCUT2D eigenvalue weighted by molar-refractivity contribution is -0.125. The molecule has 2 aromatic carbocycles. The minimum absolute atomic E-state index is 0.0176. The zero-order valence-electron chi connectivity index (χ0n) is 13.8. The van der Waals surface area contributed by atoms with E-state index in [4.69, 9.17) is 16.3 Å². The predicted octanol–water partition coefficient (Wildman–Crippen LogP) is 4.29. The summed E-state index contributed by atoms with van der Waals surface area (Å²) in [6.07, 6.45) is 1.66. The van der Waals surface area contributed by atoms with Crippen molar-refractivity contribution in [2.24, 2.45) is 0 Å². The van der Waals surface area contributed by atoms with Gasteiger partial charge in [-0.15, -0.1) is 0 Å². The van der Waals surface area contributed by atoms with Gasteiger partial charge in [0.25, 0.3) is 5.91 Å². The zero-order chi connectivity index (χ0) is 18.2. The maximum absolute atomic E-state index is 13.0.